The molecule has 2 fully saturated rings. The molecule has 4 rings (SSSR count). The lowest BCUT2D eigenvalue weighted by atomic mass is 9.88. The van der Waals surface area contributed by atoms with Gasteiger partial charge in [0.2, 0.25) is 0 Å². The summed E-state index contributed by atoms with van der Waals surface area (Å²) in [7, 11) is 0. The standard InChI is InChI=1S/C27H39ClN4O/c1-4-21-22(6-5-7-25(21)30-16-18-12-13-33-27(2,3)15-18)23-14-26(31-17-24(23)28)32-20-10-8-19(29)9-11-20/h5-7,14,17-20,30H,4,8-13,15-16,29H2,1-3H3,(H,31,32). The maximum absolute atomic E-state index is 6.66. The predicted molar refractivity (Wildman–Crippen MR) is 139 cm³/mol. The largest absolute Gasteiger partial charge is 0.385 e. The highest BCUT2D eigenvalue weighted by molar-refractivity contribution is 6.33. The van der Waals surface area contributed by atoms with E-state index in [1.54, 1.807) is 6.20 Å². The molecule has 5 nitrogen and oxygen atoms in total. The van der Waals surface area contributed by atoms with Gasteiger partial charge >= 0.3 is 0 Å². The Balaban J connectivity index is 1.52. The van der Waals surface area contributed by atoms with Crippen LogP contribution in [0.4, 0.5) is 11.5 Å². The van der Waals surface area contributed by atoms with E-state index >= 15 is 0 Å². The molecular weight excluding hydrogens is 432 g/mol. The van der Waals surface area contributed by atoms with Crippen LogP contribution in [-0.2, 0) is 11.2 Å². The van der Waals surface area contributed by atoms with Gasteiger partial charge in [0.1, 0.15) is 5.82 Å². The van der Waals surface area contributed by atoms with E-state index in [0.29, 0.717) is 23.0 Å². The minimum Gasteiger partial charge on any atom is -0.385 e. The number of benzene rings is 1. The van der Waals surface area contributed by atoms with Crippen molar-refractivity contribution < 1.29 is 4.74 Å². The maximum atomic E-state index is 6.66. The summed E-state index contributed by atoms with van der Waals surface area (Å²) in [6.45, 7) is 8.40. The van der Waals surface area contributed by atoms with Crippen molar-refractivity contribution in [3.05, 3.63) is 41.0 Å². The molecule has 2 aromatic rings. The fourth-order valence-corrected chi connectivity index (χ4v) is 5.57. The molecule has 6 heteroatoms. The van der Waals surface area contributed by atoms with E-state index in [9.17, 15) is 0 Å². The predicted octanol–water partition coefficient (Wildman–Crippen LogP) is 6.26. The van der Waals surface area contributed by atoms with E-state index in [2.05, 4.69) is 60.7 Å². The van der Waals surface area contributed by atoms with Crippen LogP contribution < -0.4 is 16.4 Å². The molecule has 2 heterocycles. The van der Waals surface area contributed by atoms with Gasteiger partial charge in [0.15, 0.2) is 0 Å². The van der Waals surface area contributed by atoms with Crippen LogP contribution in [0, 0.1) is 5.92 Å². The van der Waals surface area contributed by atoms with Gasteiger partial charge in [-0.3, -0.25) is 0 Å². The number of hydrogen-bond acceptors (Lipinski definition) is 5. The van der Waals surface area contributed by atoms with Crippen LogP contribution in [0.15, 0.2) is 30.5 Å². The molecule has 0 radical (unpaired) electrons. The van der Waals surface area contributed by atoms with Gasteiger partial charge in [-0.1, -0.05) is 30.7 Å². The fourth-order valence-electron chi connectivity index (χ4n) is 5.37. The molecule has 0 spiro atoms. The second-order valence-electron chi connectivity index (χ2n) is 10.3. The highest BCUT2D eigenvalue weighted by atomic mass is 35.5. The van der Waals surface area contributed by atoms with E-state index < -0.39 is 0 Å². The second-order valence-corrected chi connectivity index (χ2v) is 10.7. The summed E-state index contributed by atoms with van der Waals surface area (Å²) in [4.78, 5) is 4.56. The Hall–Kier alpha value is -1.82. The number of anilines is 2. The van der Waals surface area contributed by atoms with Crippen molar-refractivity contribution in [1.29, 1.82) is 0 Å². The first kappa shape index (κ1) is 24.3. The molecule has 0 bridgehead atoms. The highest BCUT2D eigenvalue weighted by Crippen LogP contribution is 2.36. The molecule has 180 valence electrons. The number of halogens is 1. The first-order chi connectivity index (χ1) is 15.8. The van der Waals surface area contributed by atoms with Crippen molar-refractivity contribution >= 4 is 23.1 Å². The molecule has 4 N–H and O–H groups in total. The van der Waals surface area contributed by atoms with Crippen molar-refractivity contribution in [2.75, 3.05) is 23.8 Å². The molecule has 1 unspecified atom stereocenters. The third-order valence-electron chi connectivity index (χ3n) is 7.18. The molecule has 33 heavy (non-hydrogen) atoms. The SMILES string of the molecule is CCc1c(NCC2CCOC(C)(C)C2)cccc1-c1cc(NC2CCC(N)CC2)ncc1Cl. The smallest absolute Gasteiger partial charge is 0.126 e. The van der Waals surface area contributed by atoms with Gasteiger partial charge in [0.05, 0.1) is 10.6 Å². The molecular formula is C27H39ClN4O. The van der Waals surface area contributed by atoms with Gasteiger partial charge < -0.3 is 21.1 Å². The van der Waals surface area contributed by atoms with Gasteiger partial charge in [-0.2, -0.15) is 0 Å². The number of hydrogen-bond donors (Lipinski definition) is 3. The van der Waals surface area contributed by atoms with Crippen molar-refractivity contribution in [2.45, 2.75) is 83.4 Å². The number of pyridine rings is 1. The Morgan fingerprint density at radius 3 is 2.67 bits per heavy atom. The third-order valence-corrected chi connectivity index (χ3v) is 7.48. The summed E-state index contributed by atoms with van der Waals surface area (Å²) in [5.74, 6) is 1.51. The van der Waals surface area contributed by atoms with Crippen LogP contribution in [0.5, 0.6) is 0 Å². The van der Waals surface area contributed by atoms with Crippen molar-refractivity contribution in [1.82, 2.24) is 4.98 Å². The minimum absolute atomic E-state index is 0.0304. The Morgan fingerprint density at radius 2 is 1.94 bits per heavy atom. The zero-order valence-electron chi connectivity index (χ0n) is 20.3. The van der Waals surface area contributed by atoms with Crippen LogP contribution in [0.2, 0.25) is 5.02 Å². The summed E-state index contributed by atoms with van der Waals surface area (Å²) in [6, 6.07) is 9.35. The Labute approximate surface area is 203 Å². The summed E-state index contributed by atoms with van der Waals surface area (Å²) in [5.41, 5.74) is 10.7. The van der Waals surface area contributed by atoms with Gasteiger partial charge in [-0.25, -0.2) is 4.98 Å². The Bertz CT molecular complexity index is 940. The summed E-state index contributed by atoms with van der Waals surface area (Å²) < 4.78 is 5.89. The van der Waals surface area contributed by atoms with Crippen LogP contribution in [0.3, 0.4) is 0 Å². The first-order valence-electron chi connectivity index (χ1n) is 12.5. The van der Waals surface area contributed by atoms with Gasteiger partial charge in [-0.05, 0) is 88.0 Å². The van der Waals surface area contributed by atoms with E-state index in [4.69, 9.17) is 22.1 Å². The highest BCUT2D eigenvalue weighted by Gasteiger charge is 2.28. The van der Waals surface area contributed by atoms with Gasteiger partial charge in [0, 0.05) is 42.7 Å². The molecule has 1 aliphatic heterocycles. The van der Waals surface area contributed by atoms with Crippen LogP contribution in [0.25, 0.3) is 11.1 Å². The minimum atomic E-state index is -0.0304. The molecule has 1 aromatic carbocycles. The number of ether oxygens (including phenoxy) is 1. The van der Waals surface area contributed by atoms with Crippen LogP contribution in [0.1, 0.15) is 64.9 Å². The Kier molecular flexibility index (Phi) is 7.83. The zero-order valence-corrected chi connectivity index (χ0v) is 21.0. The number of nitrogens with one attached hydrogen (secondary N) is 2. The number of nitrogens with two attached hydrogens (primary N) is 1. The van der Waals surface area contributed by atoms with E-state index in [1.807, 2.05) is 0 Å². The summed E-state index contributed by atoms with van der Waals surface area (Å²) >= 11 is 6.66. The molecule has 1 saturated carbocycles. The lowest BCUT2D eigenvalue weighted by molar-refractivity contribution is -0.0699. The van der Waals surface area contributed by atoms with Crippen LogP contribution >= 0.6 is 11.6 Å². The van der Waals surface area contributed by atoms with Crippen molar-refractivity contribution in [3.8, 4) is 11.1 Å². The lowest BCUT2D eigenvalue weighted by Crippen LogP contribution is -2.36. The molecule has 1 aromatic heterocycles. The third kappa shape index (κ3) is 6.20. The van der Waals surface area contributed by atoms with E-state index in [0.717, 1.165) is 69.5 Å². The average Bonchev–Trinajstić information content (AvgIpc) is 2.79. The molecule has 1 saturated heterocycles. The number of aromatic nitrogens is 1. The quantitative estimate of drug-likeness (QED) is 0.445. The fraction of sp³-hybridized carbons (Fsp3) is 0.593. The second kappa shape index (κ2) is 10.6. The zero-order chi connectivity index (χ0) is 23.4. The first-order valence-corrected chi connectivity index (χ1v) is 12.9. The molecule has 1 aliphatic carbocycles. The summed E-state index contributed by atoms with van der Waals surface area (Å²) in [5, 5.41) is 8.04. The number of rotatable bonds is 7. The van der Waals surface area contributed by atoms with Crippen molar-refractivity contribution in [3.63, 3.8) is 0 Å². The maximum Gasteiger partial charge on any atom is 0.126 e. The monoisotopic (exact) mass is 470 g/mol. The topological polar surface area (TPSA) is 72.2 Å². The van der Waals surface area contributed by atoms with E-state index in [1.165, 1.54) is 16.8 Å². The van der Waals surface area contributed by atoms with Crippen molar-refractivity contribution in [2.24, 2.45) is 11.7 Å². The van der Waals surface area contributed by atoms with Gasteiger partial charge in [-0.15, -0.1) is 0 Å². The summed E-state index contributed by atoms with van der Waals surface area (Å²) in [6.07, 6.45) is 9.20. The molecule has 0 amide bonds. The number of nitrogens with zero attached hydrogens (tertiary/aromatic N) is 1. The average molecular weight is 471 g/mol. The van der Waals surface area contributed by atoms with E-state index in [-0.39, 0.29) is 5.60 Å². The van der Waals surface area contributed by atoms with Gasteiger partial charge in [0.25, 0.3) is 0 Å². The molecule has 1 atom stereocenters. The lowest BCUT2D eigenvalue weighted by Gasteiger charge is -2.35. The molecule has 2 aliphatic rings. The normalized spacial score (nSPS) is 24.9. The Morgan fingerprint density at radius 1 is 1.15 bits per heavy atom. The van der Waals surface area contributed by atoms with Crippen LogP contribution in [-0.4, -0.2) is 35.8 Å².